The molecule has 0 radical (unpaired) electrons. The Hall–Kier alpha value is -1.67. The first kappa shape index (κ1) is 15.7. The summed E-state index contributed by atoms with van der Waals surface area (Å²) in [5, 5.41) is 3.39. The molecule has 0 saturated heterocycles. The molecule has 2 heteroatoms. The fraction of sp³-hybridized carbons (Fsp3) is 0.263. The fourth-order valence-corrected chi connectivity index (χ4v) is 2.41. The fourth-order valence-electron chi connectivity index (χ4n) is 2.27. The maximum atomic E-state index is 4.32. The van der Waals surface area contributed by atoms with Crippen molar-refractivity contribution in [3.05, 3.63) is 60.3 Å². The van der Waals surface area contributed by atoms with Gasteiger partial charge in [0.15, 0.2) is 0 Å². The number of allylic oxidation sites excluding steroid dienone is 1. The summed E-state index contributed by atoms with van der Waals surface area (Å²) in [7, 11) is 0. The zero-order chi connectivity index (χ0) is 15.2. The number of thiol groups is 1. The topological polar surface area (TPSA) is 12.0 Å². The quantitative estimate of drug-likeness (QED) is 0.645. The van der Waals surface area contributed by atoms with E-state index in [4.69, 9.17) is 0 Å². The van der Waals surface area contributed by atoms with Gasteiger partial charge in [-0.25, -0.2) is 0 Å². The molecule has 1 N–H and O–H groups in total. The van der Waals surface area contributed by atoms with E-state index < -0.39 is 0 Å². The molecule has 0 saturated carbocycles. The molecule has 0 amide bonds. The van der Waals surface area contributed by atoms with Gasteiger partial charge in [0.2, 0.25) is 0 Å². The number of anilines is 1. The molecule has 0 aliphatic heterocycles. The second-order valence-corrected chi connectivity index (χ2v) is 6.01. The second kappa shape index (κ2) is 7.37. The molecule has 0 heterocycles. The zero-order valence-corrected chi connectivity index (χ0v) is 13.8. The number of hydrogen-bond donors (Lipinski definition) is 2. The second-order valence-electron chi connectivity index (χ2n) is 5.50. The van der Waals surface area contributed by atoms with Crippen LogP contribution in [0.15, 0.2) is 65.2 Å². The zero-order valence-electron chi connectivity index (χ0n) is 12.9. The summed E-state index contributed by atoms with van der Waals surface area (Å²) < 4.78 is 0. The maximum absolute atomic E-state index is 4.32. The van der Waals surface area contributed by atoms with Crippen LogP contribution in [0.3, 0.4) is 0 Å². The van der Waals surface area contributed by atoms with Crippen LogP contribution < -0.4 is 5.32 Å². The third-order valence-corrected chi connectivity index (χ3v) is 3.96. The standard InChI is InChI=1S/C19H23NS/c1-4-15(14(2)3)13-20-18-9-5-16(6-10-18)17-7-11-19(21)12-8-17/h5-14,20-21H,4H2,1-3H3/b15-13+. The lowest BCUT2D eigenvalue weighted by Crippen LogP contribution is -1.97. The van der Waals surface area contributed by atoms with Gasteiger partial charge in [-0.2, -0.15) is 0 Å². The van der Waals surface area contributed by atoms with Crippen molar-refractivity contribution in [3.8, 4) is 11.1 Å². The minimum absolute atomic E-state index is 0.585. The molecule has 2 aromatic carbocycles. The molecule has 2 rings (SSSR count). The molecule has 0 unspecified atom stereocenters. The van der Waals surface area contributed by atoms with Gasteiger partial charge in [-0.15, -0.1) is 12.6 Å². The van der Waals surface area contributed by atoms with E-state index in [9.17, 15) is 0 Å². The number of nitrogens with one attached hydrogen (secondary N) is 1. The molecule has 0 aliphatic carbocycles. The normalized spacial score (nSPS) is 11.8. The molecule has 0 aromatic heterocycles. The van der Waals surface area contributed by atoms with Crippen LogP contribution in [0.5, 0.6) is 0 Å². The van der Waals surface area contributed by atoms with Crippen molar-refractivity contribution in [3.63, 3.8) is 0 Å². The molecule has 0 atom stereocenters. The highest BCUT2D eigenvalue weighted by Crippen LogP contribution is 2.23. The van der Waals surface area contributed by atoms with Crippen LogP contribution in [-0.4, -0.2) is 0 Å². The van der Waals surface area contributed by atoms with Crippen LogP contribution in [0.2, 0.25) is 0 Å². The lowest BCUT2D eigenvalue weighted by Gasteiger charge is -2.10. The first-order chi connectivity index (χ1) is 10.1. The van der Waals surface area contributed by atoms with E-state index >= 15 is 0 Å². The van der Waals surface area contributed by atoms with E-state index in [1.165, 1.54) is 16.7 Å². The molecule has 0 fully saturated rings. The molecular formula is C19H23NS. The molecule has 110 valence electrons. The van der Waals surface area contributed by atoms with E-state index in [1.54, 1.807) is 0 Å². The molecule has 0 spiro atoms. The average Bonchev–Trinajstić information content (AvgIpc) is 2.49. The molecule has 2 aromatic rings. The van der Waals surface area contributed by atoms with Crippen LogP contribution in [0.25, 0.3) is 11.1 Å². The Kier molecular flexibility index (Phi) is 5.51. The molecule has 0 aliphatic rings. The number of hydrogen-bond acceptors (Lipinski definition) is 2. The van der Waals surface area contributed by atoms with Gasteiger partial charge in [0.1, 0.15) is 0 Å². The predicted octanol–water partition coefficient (Wildman–Crippen LogP) is 6.00. The van der Waals surface area contributed by atoms with Gasteiger partial charge in [-0.1, -0.05) is 50.6 Å². The number of rotatable bonds is 5. The summed E-state index contributed by atoms with van der Waals surface area (Å²) >= 11 is 4.32. The van der Waals surface area contributed by atoms with Crippen molar-refractivity contribution in [2.24, 2.45) is 5.92 Å². The van der Waals surface area contributed by atoms with Gasteiger partial charge in [-0.05, 0) is 47.7 Å². The van der Waals surface area contributed by atoms with Crippen molar-refractivity contribution in [2.75, 3.05) is 5.32 Å². The summed E-state index contributed by atoms with van der Waals surface area (Å²) in [4.78, 5) is 0.989. The summed E-state index contributed by atoms with van der Waals surface area (Å²) in [5.74, 6) is 0.585. The lowest BCUT2D eigenvalue weighted by atomic mass is 10.0. The average molecular weight is 297 g/mol. The van der Waals surface area contributed by atoms with Crippen molar-refractivity contribution in [1.82, 2.24) is 0 Å². The molecular weight excluding hydrogens is 274 g/mol. The van der Waals surface area contributed by atoms with Gasteiger partial charge in [0.25, 0.3) is 0 Å². The minimum atomic E-state index is 0.585. The van der Waals surface area contributed by atoms with Crippen LogP contribution in [-0.2, 0) is 0 Å². The van der Waals surface area contributed by atoms with Gasteiger partial charge >= 0.3 is 0 Å². The summed E-state index contributed by atoms with van der Waals surface area (Å²) in [6, 6.07) is 16.8. The molecule has 1 nitrogen and oxygen atoms in total. The summed E-state index contributed by atoms with van der Waals surface area (Å²) in [6.07, 6.45) is 3.22. The Balaban J connectivity index is 2.10. The van der Waals surface area contributed by atoms with E-state index in [0.29, 0.717) is 5.92 Å². The van der Waals surface area contributed by atoms with Crippen molar-refractivity contribution in [1.29, 1.82) is 0 Å². The Morgan fingerprint density at radius 3 is 2.00 bits per heavy atom. The first-order valence-corrected chi connectivity index (χ1v) is 7.89. The monoisotopic (exact) mass is 297 g/mol. The highest BCUT2D eigenvalue weighted by molar-refractivity contribution is 7.80. The van der Waals surface area contributed by atoms with Crippen LogP contribution in [0, 0.1) is 5.92 Å². The van der Waals surface area contributed by atoms with Crippen molar-refractivity contribution >= 4 is 18.3 Å². The molecule has 21 heavy (non-hydrogen) atoms. The van der Waals surface area contributed by atoms with E-state index in [-0.39, 0.29) is 0 Å². The Morgan fingerprint density at radius 2 is 1.52 bits per heavy atom. The van der Waals surface area contributed by atoms with Gasteiger partial charge < -0.3 is 5.32 Å². The Bertz CT molecular complexity index is 594. The number of benzene rings is 2. The van der Waals surface area contributed by atoms with Crippen LogP contribution >= 0.6 is 12.6 Å². The highest BCUT2D eigenvalue weighted by atomic mass is 32.1. The van der Waals surface area contributed by atoms with E-state index in [1.807, 2.05) is 12.1 Å². The third-order valence-electron chi connectivity index (χ3n) is 3.66. The van der Waals surface area contributed by atoms with E-state index in [2.05, 4.69) is 81.3 Å². The lowest BCUT2D eigenvalue weighted by molar-refractivity contribution is 0.730. The Labute approximate surface area is 133 Å². The third kappa shape index (κ3) is 4.40. The first-order valence-electron chi connectivity index (χ1n) is 7.45. The van der Waals surface area contributed by atoms with Gasteiger partial charge in [0, 0.05) is 16.8 Å². The Morgan fingerprint density at radius 1 is 1.00 bits per heavy atom. The van der Waals surface area contributed by atoms with Gasteiger partial charge in [0.05, 0.1) is 0 Å². The van der Waals surface area contributed by atoms with Crippen molar-refractivity contribution in [2.45, 2.75) is 32.1 Å². The summed E-state index contributed by atoms with van der Waals surface area (Å²) in [5.41, 5.74) is 4.99. The molecule has 0 bridgehead atoms. The van der Waals surface area contributed by atoms with E-state index in [0.717, 1.165) is 17.0 Å². The van der Waals surface area contributed by atoms with Gasteiger partial charge in [-0.3, -0.25) is 0 Å². The maximum Gasteiger partial charge on any atom is 0.0380 e. The largest absolute Gasteiger partial charge is 0.362 e. The summed E-state index contributed by atoms with van der Waals surface area (Å²) in [6.45, 7) is 6.65. The SMILES string of the molecule is CC/C(=C\Nc1ccc(-c2ccc(S)cc2)cc1)C(C)C. The van der Waals surface area contributed by atoms with Crippen LogP contribution in [0.1, 0.15) is 27.2 Å². The minimum Gasteiger partial charge on any atom is -0.362 e. The van der Waals surface area contributed by atoms with Crippen LogP contribution in [0.4, 0.5) is 5.69 Å². The smallest absolute Gasteiger partial charge is 0.0380 e. The predicted molar refractivity (Wildman–Crippen MR) is 96.0 cm³/mol. The van der Waals surface area contributed by atoms with Crippen molar-refractivity contribution < 1.29 is 0 Å². The highest BCUT2D eigenvalue weighted by Gasteiger charge is 2.01.